The number of para-hydroxylation sites is 3. The number of benzene rings is 2. The molecule has 0 aliphatic carbocycles. The van der Waals surface area contributed by atoms with Crippen molar-refractivity contribution in [1.29, 1.82) is 0 Å². The molecule has 2 aromatic rings. The van der Waals surface area contributed by atoms with E-state index in [1.54, 1.807) is 29.2 Å². The lowest BCUT2D eigenvalue weighted by atomic mass is 10.0. The van der Waals surface area contributed by atoms with Gasteiger partial charge in [0.2, 0.25) is 17.7 Å². The fourth-order valence-electron chi connectivity index (χ4n) is 4.11. The Labute approximate surface area is 192 Å². The largest absolute Gasteiger partial charge is 0.343 e. The highest BCUT2D eigenvalue weighted by Crippen LogP contribution is 2.29. The van der Waals surface area contributed by atoms with Crippen molar-refractivity contribution in [3.8, 4) is 0 Å². The number of likely N-dealkylation sites (tertiary alicyclic amines) is 1. The van der Waals surface area contributed by atoms with Gasteiger partial charge < -0.3 is 25.8 Å². The third kappa shape index (κ3) is 5.68. The number of piperidine rings is 1. The Bertz CT molecular complexity index is 1030. The molecule has 2 aliphatic heterocycles. The lowest BCUT2D eigenvalue weighted by Gasteiger charge is -2.33. The van der Waals surface area contributed by atoms with Crippen molar-refractivity contribution in [3.63, 3.8) is 0 Å². The molecule has 0 bridgehead atoms. The van der Waals surface area contributed by atoms with E-state index in [0.717, 1.165) is 5.69 Å². The minimum absolute atomic E-state index is 0.0113. The van der Waals surface area contributed by atoms with Crippen LogP contribution < -0.4 is 20.9 Å². The van der Waals surface area contributed by atoms with Gasteiger partial charge in [0.25, 0.3) is 0 Å². The Morgan fingerprint density at radius 3 is 2.33 bits per heavy atom. The van der Waals surface area contributed by atoms with Gasteiger partial charge in [-0.3, -0.25) is 14.4 Å². The zero-order chi connectivity index (χ0) is 23.2. The molecule has 172 valence electrons. The predicted octanol–water partition coefficient (Wildman–Crippen LogP) is 2.56. The van der Waals surface area contributed by atoms with Gasteiger partial charge in [-0.1, -0.05) is 30.3 Å². The highest BCUT2D eigenvalue weighted by Gasteiger charge is 2.28. The molecule has 2 heterocycles. The lowest BCUT2D eigenvalue weighted by molar-refractivity contribution is -0.134. The van der Waals surface area contributed by atoms with Crippen LogP contribution in [0, 0.1) is 0 Å². The molecule has 0 unspecified atom stereocenters. The maximum atomic E-state index is 12.7. The summed E-state index contributed by atoms with van der Waals surface area (Å²) < 4.78 is 0. The Hall–Kier alpha value is -3.88. The smallest absolute Gasteiger partial charge is 0.319 e. The monoisotopic (exact) mass is 449 g/mol. The molecule has 33 heavy (non-hydrogen) atoms. The van der Waals surface area contributed by atoms with Crippen molar-refractivity contribution >= 4 is 40.8 Å². The van der Waals surface area contributed by atoms with E-state index >= 15 is 0 Å². The van der Waals surface area contributed by atoms with E-state index in [-0.39, 0.29) is 49.2 Å². The summed E-state index contributed by atoms with van der Waals surface area (Å²) in [6.07, 6.45) is 1.44. The first-order chi connectivity index (χ1) is 16.0. The number of rotatable bonds is 5. The maximum absolute atomic E-state index is 12.7. The zero-order valence-corrected chi connectivity index (χ0v) is 18.3. The lowest BCUT2D eigenvalue weighted by Crippen LogP contribution is -2.48. The maximum Gasteiger partial charge on any atom is 0.319 e. The predicted molar refractivity (Wildman–Crippen MR) is 125 cm³/mol. The van der Waals surface area contributed by atoms with E-state index in [2.05, 4.69) is 16.0 Å². The van der Waals surface area contributed by atoms with Crippen molar-refractivity contribution in [2.24, 2.45) is 0 Å². The molecule has 0 aromatic heterocycles. The highest BCUT2D eigenvalue weighted by atomic mass is 16.2. The second-order valence-corrected chi connectivity index (χ2v) is 8.16. The van der Waals surface area contributed by atoms with Crippen LogP contribution in [0.2, 0.25) is 0 Å². The molecule has 0 saturated carbocycles. The average Bonchev–Trinajstić information content (AvgIpc) is 2.82. The molecule has 9 heteroatoms. The number of amides is 5. The Morgan fingerprint density at radius 2 is 1.58 bits per heavy atom. The molecule has 0 spiro atoms. The first-order valence-corrected chi connectivity index (χ1v) is 11.1. The van der Waals surface area contributed by atoms with Gasteiger partial charge >= 0.3 is 6.03 Å². The average molecular weight is 450 g/mol. The highest BCUT2D eigenvalue weighted by molar-refractivity contribution is 6.10. The van der Waals surface area contributed by atoms with E-state index < -0.39 is 0 Å². The summed E-state index contributed by atoms with van der Waals surface area (Å²) in [5, 5.41) is 8.49. The van der Waals surface area contributed by atoms with Crippen molar-refractivity contribution in [3.05, 3.63) is 54.6 Å². The first-order valence-electron chi connectivity index (χ1n) is 11.1. The van der Waals surface area contributed by atoms with Gasteiger partial charge in [0.1, 0.15) is 6.54 Å². The van der Waals surface area contributed by atoms with Gasteiger partial charge in [-0.15, -0.1) is 0 Å². The third-order valence-corrected chi connectivity index (χ3v) is 5.84. The van der Waals surface area contributed by atoms with Crippen LogP contribution in [0.4, 0.5) is 21.9 Å². The number of nitrogens with zero attached hydrogens (tertiary/aromatic N) is 2. The summed E-state index contributed by atoms with van der Waals surface area (Å²) in [5.41, 5.74) is 1.97. The van der Waals surface area contributed by atoms with Crippen LogP contribution in [-0.4, -0.2) is 54.3 Å². The minimum Gasteiger partial charge on any atom is -0.343 e. The van der Waals surface area contributed by atoms with Crippen molar-refractivity contribution in [1.82, 2.24) is 10.2 Å². The zero-order valence-electron chi connectivity index (χ0n) is 18.3. The van der Waals surface area contributed by atoms with Crippen molar-refractivity contribution in [2.45, 2.75) is 31.7 Å². The van der Waals surface area contributed by atoms with Crippen LogP contribution >= 0.6 is 0 Å². The van der Waals surface area contributed by atoms with E-state index in [1.807, 2.05) is 30.3 Å². The summed E-state index contributed by atoms with van der Waals surface area (Å²) in [4.78, 5) is 52.6. The van der Waals surface area contributed by atoms with Gasteiger partial charge in [0.15, 0.2) is 0 Å². The van der Waals surface area contributed by atoms with Gasteiger partial charge in [-0.2, -0.15) is 0 Å². The molecule has 0 atom stereocenters. The number of hydrogen-bond donors (Lipinski definition) is 3. The van der Waals surface area contributed by atoms with E-state index in [4.69, 9.17) is 0 Å². The standard InChI is InChI=1S/C24H27N5O4/c30-21-16-29(20-9-5-4-8-19(20)27-21)23(32)11-10-22(31)28-14-12-18(13-15-28)26-24(33)25-17-6-2-1-3-7-17/h1-9,18H,10-16H2,(H,27,30)(H2,25,26,33). The Balaban J connectivity index is 1.22. The summed E-state index contributed by atoms with van der Waals surface area (Å²) >= 11 is 0. The number of urea groups is 1. The number of fused-ring (bicyclic) bond motifs is 1. The Morgan fingerprint density at radius 1 is 0.909 bits per heavy atom. The summed E-state index contributed by atoms with van der Waals surface area (Å²) in [5.74, 6) is -0.593. The Kier molecular flexibility index (Phi) is 6.87. The van der Waals surface area contributed by atoms with E-state index in [0.29, 0.717) is 37.3 Å². The number of nitrogens with one attached hydrogen (secondary N) is 3. The van der Waals surface area contributed by atoms with Gasteiger partial charge in [-0.25, -0.2) is 4.79 Å². The SMILES string of the molecule is O=C1CN(C(=O)CCC(=O)N2CCC(NC(=O)Nc3ccccc3)CC2)c2ccccc2N1. The second kappa shape index (κ2) is 10.2. The molecule has 1 fully saturated rings. The molecule has 5 amide bonds. The molecular formula is C24H27N5O4. The van der Waals surface area contributed by atoms with Crippen LogP contribution in [0.15, 0.2) is 54.6 Å². The van der Waals surface area contributed by atoms with E-state index in [1.165, 1.54) is 4.90 Å². The van der Waals surface area contributed by atoms with E-state index in [9.17, 15) is 19.2 Å². The van der Waals surface area contributed by atoms with Crippen LogP contribution in [0.1, 0.15) is 25.7 Å². The number of anilines is 3. The molecule has 9 nitrogen and oxygen atoms in total. The topological polar surface area (TPSA) is 111 Å². The number of hydrogen-bond acceptors (Lipinski definition) is 4. The molecule has 2 aromatic carbocycles. The summed E-state index contributed by atoms with van der Waals surface area (Å²) in [6, 6.07) is 16.1. The number of carbonyl (C=O) groups excluding carboxylic acids is 4. The number of carbonyl (C=O) groups is 4. The van der Waals surface area contributed by atoms with Gasteiger partial charge in [-0.05, 0) is 37.1 Å². The first kappa shape index (κ1) is 22.3. The normalized spacial score (nSPS) is 15.9. The van der Waals surface area contributed by atoms with Crippen LogP contribution in [0.5, 0.6) is 0 Å². The van der Waals surface area contributed by atoms with Gasteiger partial charge in [0, 0.05) is 37.7 Å². The quantitative estimate of drug-likeness (QED) is 0.651. The van der Waals surface area contributed by atoms with Crippen LogP contribution in [0.3, 0.4) is 0 Å². The van der Waals surface area contributed by atoms with Gasteiger partial charge in [0.05, 0.1) is 11.4 Å². The minimum atomic E-state index is -0.262. The molecule has 4 rings (SSSR count). The molecule has 0 radical (unpaired) electrons. The molecule has 1 saturated heterocycles. The summed E-state index contributed by atoms with van der Waals surface area (Å²) in [7, 11) is 0. The molecule has 3 N–H and O–H groups in total. The van der Waals surface area contributed by atoms with Crippen LogP contribution in [0.25, 0.3) is 0 Å². The van der Waals surface area contributed by atoms with Crippen molar-refractivity contribution < 1.29 is 19.2 Å². The second-order valence-electron chi connectivity index (χ2n) is 8.16. The third-order valence-electron chi connectivity index (χ3n) is 5.84. The fraction of sp³-hybridized carbons (Fsp3) is 0.333. The van der Waals surface area contributed by atoms with Crippen molar-refractivity contribution in [2.75, 3.05) is 35.2 Å². The molecular weight excluding hydrogens is 422 g/mol. The fourth-order valence-corrected chi connectivity index (χ4v) is 4.11. The molecule has 2 aliphatic rings. The van der Waals surface area contributed by atoms with Crippen LogP contribution in [-0.2, 0) is 14.4 Å². The summed E-state index contributed by atoms with van der Waals surface area (Å²) in [6.45, 7) is 1.00.